The highest BCUT2D eigenvalue weighted by molar-refractivity contribution is 8.18. The van der Waals surface area contributed by atoms with Gasteiger partial charge < -0.3 is 9.84 Å². The molecule has 0 unspecified atom stereocenters. The third kappa shape index (κ3) is 3.81. The van der Waals surface area contributed by atoms with Crippen molar-refractivity contribution in [3.63, 3.8) is 0 Å². The number of phenols is 1. The van der Waals surface area contributed by atoms with Crippen LogP contribution in [-0.2, 0) is 11.3 Å². The van der Waals surface area contributed by atoms with Crippen LogP contribution in [-0.4, -0.2) is 28.3 Å². The number of imide groups is 1. The minimum atomic E-state index is -0.361. The highest BCUT2D eigenvalue weighted by atomic mass is 35.5. The zero-order chi connectivity index (χ0) is 18.0. The SMILES string of the molecule is COc1ccc(/C=C2\SC(=O)N(Cc3ccc(Cl)cc3)C2=O)cc1O. The molecule has 1 aliphatic heterocycles. The molecule has 7 heteroatoms. The Balaban J connectivity index is 1.80. The first-order chi connectivity index (χ1) is 12.0. The average Bonchev–Trinajstić information content (AvgIpc) is 2.84. The van der Waals surface area contributed by atoms with E-state index in [9.17, 15) is 14.7 Å². The van der Waals surface area contributed by atoms with E-state index in [0.29, 0.717) is 21.2 Å². The fourth-order valence-electron chi connectivity index (χ4n) is 2.36. The number of nitrogens with zero attached hydrogens (tertiary/aromatic N) is 1. The fraction of sp³-hybridized carbons (Fsp3) is 0.111. The van der Waals surface area contributed by atoms with Crippen LogP contribution in [0.15, 0.2) is 47.4 Å². The van der Waals surface area contributed by atoms with Crippen molar-refractivity contribution in [3.05, 3.63) is 63.5 Å². The smallest absolute Gasteiger partial charge is 0.293 e. The summed E-state index contributed by atoms with van der Waals surface area (Å²) in [6.45, 7) is 0.188. The maximum Gasteiger partial charge on any atom is 0.293 e. The van der Waals surface area contributed by atoms with Gasteiger partial charge in [0, 0.05) is 5.02 Å². The van der Waals surface area contributed by atoms with Crippen LogP contribution in [0.25, 0.3) is 6.08 Å². The average molecular weight is 376 g/mol. The zero-order valence-electron chi connectivity index (χ0n) is 13.2. The van der Waals surface area contributed by atoms with Crippen molar-refractivity contribution in [2.24, 2.45) is 0 Å². The summed E-state index contributed by atoms with van der Waals surface area (Å²) in [5, 5.41) is 10.1. The molecular formula is C18H14ClNO4S. The van der Waals surface area contributed by atoms with Crippen LogP contribution in [0.3, 0.4) is 0 Å². The van der Waals surface area contributed by atoms with Crippen LogP contribution in [0, 0.1) is 0 Å². The van der Waals surface area contributed by atoms with Crippen LogP contribution in [0.5, 0.6) is 11.5 Å². The van der Waals surface area contributed by atoms with Crippen LogP contribution >= 0.6 is 23.4 Å². The van der Waals surface area contributed by atoms with E-state index >= 15 is 0 Å². The van der Waals surface area contributed by atoms with Crippen molar-refractivity contribution in [2.75, 3.05) is 7.11 Å². The largest absolute Gasteiger partial charge is 0.504 e. The number of thioether (sulfide) groups is 1. The lowest BCUT2D eigenvalue weighted by molar-refractivity contribution is -0.123. The van der Waals surface area contributed by atoms with Gasteiger partial charge in [-0.15, -0.1) is 0 Å². The molecule has 1 heterocycles. The lowest BCUT2D eigenvalue weighted by atomic mass is 10.1. The molecule has 0 aromatic heterocycles. The number of phenolic OH excluding ortho intramolecular Hbond substituents is 1. The molecule has 128 valence electrons. The summed E-state index contributed by atoms with van der Waals surface area (Å²) < 4.78 is 4.99. The Morgan fingerprint density at radius 3 is 2.56 bits per heavy atom. The van der Waals surface area contributed by atoms with E-state index < -0.39 is 0 Å². The number of ether oxygens (including phenoxy) is 1. The number of amides is 2. The molecule has 1 fully saturated rings. The minimum Gasteiger partial charge on any atom is -0.504 e. The van der Waals surface area contributed by atoms with Crippen LogP contribution < -0.4 is 4.74 Å². The van der Waals surface area contributed by atoms with Crippen LogP contribution in [0.2, 0.25) is 5.02 Å². The van der Waals surface area contributed by atoms with Gasteiger partial charge in [-0.2, -0.15) is 0 Å². The molecule has 0 aliphatic carbocycles. The van der Waals surface area contributed by atoms with Crippen molar-refractivity contribution in [2.45, 2.75) is 6.54 Å². The molecule has 0 atom stereocenters. The molecule has 0 bridgehead atoms. The van der Waals surface area contributed by atoms with Gasteiger partial charge in [0.25, 0.3) is 11.1 Å². The standard InChI is InChI=1S/C18H14ClNO4S/c1-24-15-7-4-12(8-14(15)21)9-16-17(22)20(18(23)25-16)10-11-2-5-13(19)6-3-11/h2-9,21H,10H2,1H3/b16-9-. The first kappa shape index (κ1) is 17.4. The monoisotopic (exact) mass is 375 g/mol. The highest BCUT2D eigenvalue weighted by Crippen LogP contribution is 2.35. The molecule has 0 saturated carbocycles. The molecule has 1 N–H and O–H groups in total. The van der Waals surface area contributed by atoms with Gasteiger partial charge in [0.15, 0.2) is 11.5 Å². The van der Waals surface area contributed by atoms with Crippen molar-refractivity contribution < 1.29 is 19.4 Å². The van der Waals surface area contributed by atoms with Gasteiger partial charge >= 0.3 is 0 Å². The highest BCUT2D eigenvalue weighted by Gasteiger charge is 2.34. The van der Waals surface area contributed by atoms with Crippen LogP contribution in [0.4, 0.5) is 4.79 Å². The number of halogens is 1. The van der Waals surface area contributed by atoms with Crippen molar-refractivity contribution in [1.82, 2.24) is 4.90 Å². The number of carbonyl (C=O) groups excluding carboxylic acids is 2. The topological polar surface area (TPSA) is 66.8 Å². The van der Waals surface area contributed by atoms with E-state index in [-0.39, 0.29) is 23.4 Å². The Kier molecular flexibility index (Phi) is 5.01. The summed E-state index contributed by atoms with van der Waals surface area (Å²) >= 11 is 6.72. The Labute approximate surface area is 153 Å². The predicted octanol–water partition coefficient (Wildman–Crippen LogP) is 4.29. The predicted molar refractivity (Wildman–Crippen MR) is 97.6 cm³/mol. The third-order valence-corrected chi connectivity index (χ3v) is 4.79. The Hall–Kier alpha value is -2.44. The second-order valence-electron chi connectivity index (χ2n) is 5.33. The fourth-order valence-corrected chi connectivity index (χ4v) is 3.32. The first-order valence-electron chi connectivity index (χ1n) is 7.35. The second-order valence-corrected chi connectivity index (χ2v) is 6.76. The van der Waals surface area contributed by atoms with Crippen molar-refractivity contribution >= 4 is 40.6 Å². The summed E-state index contributed by atoms with van der Waals surface area (Å²) in [4.78, 5) is 26.2. The van der Waals surface area contributed by atoms with E-state index in [0.717, 1.165) is 17.3 Å². The van der Waals surface area contributed by atoms with Crippen LogP contribution in [0.1, 0.15) is 11.1 Å². The molecule has 1 aliphatic rings. The number of aromatic hydroxyl groups is 1. The maximum absolute atomic E-state index is 12.5. The van der Waals surface area contributed by atoms with Gasteiger partial charge in [0.05, 0.1) is 18.6 Å². The molecule has 25 heavy (non-hydrogen) atoms. The normalized spacial score (nSPS) is 15.9. The lowest BCUT2D eigenvalue weighted by Gasteiger charge is -2.12. The molecule has 5 nitrogen and oxygen atoms in total. The van der Waals surface area contributed by atoms with Gasteiger partial charge in [0.1, 0.15) is 0 Å². The number of methoxy groups -OCH3 is 1. The van der Waals surface area contributed by atoms with Crippen molar-refractivity contribution in [3.8, 4) is 11.5 Å². The molecule has 2 amide bonds. The molecule has 0 radical (unpaired) electrons. The number of hydrogen-bond acceptors (Lipinski definition) is 5. The number of carbonyl (C=O) groups is 2. The van der Waals surface area contributed by atoms with E-state index in [1.54, 1.807) is 42.5 Å². The Morgan fingerprint density at radius 2 is 1.92 bits per heavy atom. The Morgan fingerprint density at radius 1 is 1.20 bits per heavy atom. The van der Waals surface area contributed by atoms with E-state index in [1.165, 1.54) is 18.1 Å². The Bertz CT molecular complexity index is 864. The zero-order valence-corrected chi connectivity index (χ0v) is 14.8. The molecule has 2 aromatic carbocycles. The first-order valence-corrected chi connectivity index (χ1v) is 8.54. The van der Waals surface area contributed by atoms with E-state index in [2.05, 4.69) is 0 Å². The molecule has 3 rings (SSSR count). The number of benzene rings is 2. The second kappa shape index (κ2) is 7.21. The molecule has 0 spiro atoms. The van der Waals surface area contributed by atoms with Gasteiger partial charge in [-0.25, -0.2) is 0 Å². The van der Waals surface area contributed by atoms with Gasteiger partial charge in [-0.1, -0.05) is 29.8 Å². The quantitative estimate of drug-likeness (QED) is 0.807. The summed E-state index contributed by atoms with van der Waals surface area (Å²) in [6.07, 6.45) is 1.58. The van der Waals surface area contributed by atoms with E-state index in [1.807, 2.05) is 0 Å². The number of rotatable bonds is 4. The maximum atomic E-state index is 12.5. The summed E-state index contributed by atoms with van der Waals surface area (Å²) in [5.74, 6) is -0.0510. The minimum absolute atomic E-state index is 0.0309. The van der Waals surface area contributed by atoms with E-state index in [4.69, 9.17) is 16.3 Å². The molecule has 2 aromatic rings. The number of hydrogen-bond donors (Lipinski definition) is 1. The van der Waals surface area contributed by atoms with Gasteiger partial charge in [0.2, 0.25) is 0 Å². The lowest BCUT2D eigenvalue weighted by Crippen LogP contribution is -2.27. The molecular weight excluding hydrogens is 362 g/mol. The molecule has 1 saturated heterocycles. The van der Waals surface area contributed by atoms with Gasteiger partial charge in [-0.3, -0.25) is 14.5 Å². The third-order valence-electron chi connectivity index (χ3n) is 3.63. The van der Waals surface area contributed by atoms with Gasteiger partial charge in [-0.05, 0) is 53.2 Å². The summed E-state index contributed by atoms with van der Waals surface area (Å²) in [5.41, 5.74) is 1.42. The summed E-state index contributed by atoms with van der Waals surface area (Å²) in [7, 11) is 1.46. The van der Waals surface area contributed by atoms with Crippen molar-refractivity contribution in [1.29, 1.82) is 0 Å². The summed E-state index contributed by atoms with van der Waals surface area (Å²) in [6, 6.07) is 11.8.